The number of anilines is 1. The molecule has 1 unspecified atom stereocenters. The average Bonchev–Trinajstić information content (AvgIpc) is 2.83. The predicted octanol–water partition coefficient (Wildman–Crippen LogP) is 3.59. The highest BCUT2D eigenvalue weighted by atomic mass is 16.4. The van der Waals surface area contributed by atoms with Crippen molar-refractivity contribution in [1.82, 2.24) is 15.5 Å². The number of hydrogen-bond donors (Lipinski definition) is 2. The minimum atomic E-state index is 0.442. The van der Waals surface area contributed by atoms with Crippen molar-refractivity contribution in [2.24, 2.45) is 5.92 Å². The van der Waals surface area contributed by atoms with Crippen LogP contribution < -0.4 is 10.6 Å². The van der Waals surface area contributed by atoms with Gasteiger partial charge in [-0.3, -0.25) is 0 Å². The van der Waals surface area contributed by atoms with Gasteiger partial charge in [0, 0.05) is 6.04 Å². The molecule has 0 aliphatic rings. The van der Waals surface area contributed by atoms with Crippen LogP contribution in [-0.4, -0.2) is 22.8 Å². The molecule has 0 saturated heterocycles. The van der Waals surface area contributed by atoms with Gasteiger partial charge in [0.1, 0.15) is 0 Å². The Bertz CT molecular complexity index is 351. The van der Waals surface area contributed by atoms with E-state index in [1.54, 1.807) is 0 Å². The van der Waals surface area contributed by atoms with Crippen LogP contribution in [0.15, 0.2) is 4.42 Å². The van der Waals surface area contributed by atoms with Gasteiger partial charge in [0.25, 0.3) is 0 Å². The van der Waals surface area contributed by atoms with Crippen molar-refractivity contribution in [2.45, 2.75) is 72.4 Å². The molecule has 1 atom stereocenters. The van der Waals surface area contributed by atoms with Crippen LogP contribution in [0.3, 0.4) is 0 Å². The number of unbranched alkanes of at least 4 members (excludes halogenated alkanes) is 1. The summed E-state index contributed by atoms with van der Waals surface area (Å²) in [6, 6.07) is 0.998. The van der Waals surface area contributed by atoms with Gasteiger partial charge in [0.15, 0.2) is 0 Å². The molecule has 0 spiro atoms. The van der Waals surface area contributed by atoms with Crippen LogP contribution in [0.2, 0.25) is 0 Å². The summed E-state index contributed by atoms with van der Waals surface area (Å²) in [4.78, 5) is 0. The Morgan fingerprint density at radius 1 is 1.10 bits per heavy atom. The van der Waals surface area contributed by atoms with E-state index in [-0.39, 0.29) is 0 Å². The van der Waals surface area contributed by atoms with E-state index in [0.29, 0.717) is 30.4 Å². The zero-order chi connectivity index (χ0) is 14.8. The second-order valence-corrected chi connectivity index (χ2v) is 5.80. The first-order chi connectivity index (χ1) is 9.65. The third kappa shape index (κ3) is 6.89. The summed E-state index contributed by atoms with van der Waals surface area (Å²) in [7, 11) is 0. The molecule has 5 heteroatoms. The molecule has 5 nitrogen and oxygen atoms in total. The van der Waals surface area contributed by atoms with E-state index >= 15 is 0 Å². The zero-order valence-electron chi connectivity index (χ0n) is 13.4. The Hall–Kier alpha value is -1.10. The highest BCUT2D eigenvalue weighted by Gasteiger charge is 2.12. The molecule has 0 bridgehead atoms. The fraction of sp³-hybridized carbons (Fsp3) is 0.867. The van der Waals surface area contributed by atoms with Gasteiger partial charge in [-0.15, -0.1) is 5.10 Å². The Morgan fingerprint density at radius 2 is 1.90 bits per heavy atom. The quantitative estimate of drug-likeness (QED) is 0.649. The molecule has 1 aromatic heterocycles. The summed E-state index contributed by atoms with van der Waals surface area (Å²) in [6.45, 7) is 10.4. The van der Waals surface area contributed by atoms with Crippen molar-refractivity contribution >= 4 is 6.01 Å². The van der Waals surface area contributed by atoms with Crippen molar-refractivity contribution in [2.75, 3.05) is 11.9 Å². The number of nitrogens with zero attached hydrogens (tertiary/aromatic N) is 2. The summed E-state index contributed by atoms with van der Waals surface area (Å²) < 4.78 is 5.63. The van der Waals surface area contributed by atoms with Crippen molar-refractivity contribution in [3.05, 3.63) is 5.89 Å². The fourth-order valence-corrected chi connectivity index (χ4v) is 2.11. The van der Waals surface area contributed by atoms with Crippen LogP contribution in [0.4, 0.5) is 6.01 Å². The number of hydrogen-bond acceptors (Lipinski definition) is 5. The van der Waals surface area contributed by atoms with Crippen LogP contribution in [0.25, 0.3) is 0 Å². The van der Waals surface area contributed by atoms with E-state index in [1.165, 1.54) is 12.8 Å². The molecule has 1 aromatic rings. The molecule has 0 fully saturated rings. The lowest BCUT2D eigenvalue weighted by Gasteiger charge is -2.15. The Morgan fingerprint density at radius 3 is 2.55 bits per heavy atom. The summed E-state index contributed by atoms with van der Waals surface area (Å²) in [5, 5.41) is 14.8. The van der Waals surface area contributed by atoms with Gasteiger partial charge in [-0.2, -0.15) is 0 Å². The van der Waals surface area contributed by atoms with E-state index in [0.717, 1.165) is 25.8 Å². The molecule has 0 amide bonds. The smallest absolute Gasteiger partial charge is 0.315 e. The molecular weight excluding hydrogens is 252 g/mol. The normalized spacial score (nSPS) is 12.8. The Balaban J connectivity index is 2.40. The molecule has 1 rings (SSSR count). The van der Waals surface area contributed by atoms with Crippen molar-refractivity contribution < 1.29 is 4.42 Å². The second-order valence-electron chi connectivity index (χ2n) is 5.80. The third-order valence-electron chi connectivity index (χ3n) is 3.17. The maximum Gasteiger partial charge on any atom is 0.315 e. The van der Waals surface area contributed by atoms with Crippen molar-refractivity contribution in [3.63, 3.8) is 0 Å². The molecule has 0 aliphatic carbocycles. The van der Waals surface area contributed by atoms with Gasteiger partial charge >= 0.3 is 6.01 Å². The molecule has 0 aliphatic heterocycles. The Labute approximate surface area is 122 Å². The van der Waals surface area contributed by atoms with Gasteiger partial charge in [0.05, 0.1) is 6.54 Å². The monoisotopic (exact) mass is 282 g/mol. The first kappa shape index (κ1) is 17.0. The van der Waals surface area contributed by atoms with Gasteiger partial charge in [-0.1, -0.05) is 52.1 Å². The lowest BCUT2D eigenvalue weighted by Crippen LogP contribution is -2.19. The number of rotatable bonds is 11. The highest BCUT2D eigenvalue weighted by molar-refractivity contribution is 5.19. The van der Waals surface area contributed by atoms with E-state index in [4.69, 9.17) is 4.42 Å². The number of nitrogens with one attached hydrogen (secondary N) is 2. The highest BCUT2D eigenvalue weighted by Crippen LogP contribution is 2.14. The van der Waals surface area contributed by atoms with E-state index < -0.39 is 0 Å². The second kappa shape index (κ2) is 9.75. The molecule has 116 valence electrons. The van der Waals surface area contributed by atoms with Crippen molar-refractivity contribution in [3.8, 4) is 0 Å². The minimum Gasteiger partial charge on any atom is -0.407 e. The minimum absolute atomic E-state index is 0.442. The largest absolute Gasteiger partial charge is 0.407 e. The lowest BCUT2D eigenvalue weighted by atomic mass is 10.1. The number of aromatic nitrogens is 2. The first-order valence-corrected chi connectivity index (χ1v) is 7.95. The maximum atomic E-state index is 5.63. The lowest BCUT2D eigenvalue weighted by molar-refractivity contribution is 0.450. The van der Waals surface area contributed by atoms with Crippen LogP contribution >= 0.6 is 0 Å². The van der Waals surface area contributed by atoms with Crippen LogP contribution in [0, 0.1) is 5.92 Å². The van der Waals surface area contributed by atoms with E-state index in [9.17, 15) is 0 Å². The standard InChI is InChI=1S/C15H30N4O/c1-5-7-9-13(8-6-2)17-15-19-18-14(20-15)11-16-10-12(3)4/h12-13,16H,5-11H2,1-4H3,(H,17,19). The van der Waals surface area contributed by atoms with Gasteiger partial charge in [-0.05, 0) is 25.3 Å². The van der Waals surface area contributed by atoms with Crippen LogP contribution in [-0.2, 0) is 6.54 Å². The molecule has 0 aromatic carbocycles. The SMILES string of the molecule is CCCCC(CCC)Nc1nnc(CNCC(C)C)o1. The van der Waals surface area contributed by atoms with Crippen LogP contribution in [0.1, 0.15) is 65.7 Å². The summed E-state index contributed by atoms with van der Waals surface area (Å²) in [6.07, 6.45) is 5.92. The summed E-state index contributed by atoms with van der Waals surface area (Å²) in [5.74, 6) is 1.28. The molecule has 20 heavy (non-hydrogen) atoms. The molecular formula is C15H30N4O. The molecule has 0 saturated carbocycles. The summed E-state index contributed by atoms with van der Waals surface area (Å²) >= 11 is 0. The van der Waals surface area contributed by atoms with Gasteiger partial charge in [-0.25, -0.2) is 0 Å². The van der Waals surface area contributed by atoms with Crippen LogP contribution in [0.5, 0.6) is 0 Å². The fourth-order valence-electron chi connectivity index (χ4n) is 2.11. The zero-order valence-corrected chi connectivity index (χ0v) is 13.4. The molecule has 1 heterocycles. The summed E-state index contributed by atoms with van der Waals surface area (Å²) in [5.41, 5.74) is 0. The Kier molecular flexibility index (Phi) is 8.26. The van der Waals surface area contributed by atoms with Gasteiger partial charge in [0.2, 0.25) is 5.89 Å². The maximum absolute atomic E-state index is 5.63. The topological polar surface area (TPSA) is 63.0 Å². The third-order valence-corrected chi connectivity index (χ3v) is 3.17. The van der Waals surface area contributed by atoms with Crippen molar-refractivity contribution in [1.29, 1.82) is 0 Å². The van der Waals surface area contributed by atoms with E-state index in [1.807, 2.05) is 0 Å². The van der Waals surface area contributed by atoms with E-state index in [2.05, 4.69) is 48.5 Å². The average molecular weight is 282 g/mol. The first-order valence-electron chi connectivity index (χ1n) is 7.95. The van der Waals surface area contributed by atoms with Gasteiger partial charge < -0.3 is 15.1 Å². The molecule has 2 N–H and O–H groups in total. The predicted molar refractivity (Wildman–Crippen MR) is 82.7 cm³/mol. The molecule has 0 radical (unpaired) electrons.